The number of nitrogens with zero attached hydrogens (tertiary/aromatic N) is 2. The van der Waals surface area contributed by atoms with Crippen molar-refractivity contribution in [3.8, 4) is 0 Å². The summed E-state index contributed by atoms with van der Waals surface area (Å²) in [5.41, 5.74) is 0. The van der Waals surface area contributed by atoms with E-state index >= 15 is 0 Å². The van der Waals surface area contributed by atoms with Crippen LogP contribution < -0.4 is 11.2 Å². The Morgan fingerprint density at radius 3 is 2.90 bits per heavy atom. The average Bonchev–Trinajstić information content (AvgIpc) is 2.62. The molecule has 4 heteroatoms. The van der Waals surface area contributed by atoms with Gasteiger partial charge >= 0.3 is 0 Å². The second kappa shape index (κ2) is 2.12. The molecule has 0 unspecified atom stereocenters. The first kappa shape index (κ1) is 5.97. The third kappa shape index (κ3) is 1.07. The molecule has 1 heterocycles. The molecule has 0 radical (unpaired) electrons. The summed E-state index contributed by atoms with van der Waals surface area (Å²) in [6, 6.07) is 0.655. The van der Waals surface area contributed by atoms with Crippen LogP contribution in [-0.4, -0.2) is 30.1 Å². The lowest BCUT2D eigenvalue weighted by molar-refractivity contribution is 0.466. The second-order valence-corrected chi connectivity index (χ2v) is 2.82. The third-order valence-electron chi connectivity index (χ3n) is 1.79. The van der Waals surface area contributed by atoms with Gasteiger partial charge < -0.3 is 5.32 Å². The molecule has 0 aromatic carbocycles. The number of hydrogen-bond donors (Lipinski definition) is 2. The van der Waals surface area contributed by atoms with E-state index in [1.807, 2.05) is 0 Å². The Kier molecular flexibility index (Phi) is 1.27. The standard InChI is InChI=1S/C6H12N4/c7-10-4-3-8-6(10)9-5-1-2-5/h5H,1-4,7H2,(H,8,9). The van der Waals surface area contributed by atoms with Crippen LogP contribution in [0.4, 0.5) is 0 Å². The van der Waals surface area contributed by atoms with Crippen molar-refractivity contribution in [1.82, 2.24) is 10.3 Å². The van der Waals surface area contributed by atoms with E-state index in [1.165, 1.54) is 12.8 Å². The molecular weight excluding hydrogens is 128 g/mol. The summed E-state index contributed by atoms with van der Waals surface area (Å²) in [4.78, 5) is 4.20. The van der Waals surface area contributed by atoms with Crippen molar-refractivity contribution in [2.24, 2.45) is 10.8 Å². The zero-order valence-corrected chi connectivity index (χ0v) is 5.88. The molecule has 1 aliphatic heterocycles. The second-order valence-electron chi connectivity index (χ2n) is 2.82. The molecule has 4 nitrogen and oxygen atoms in total. The van der Waals surface area contributed by atoms with Gasteiger partial charge in [0.15, 0.2) is 0 Å². The number of guanidine groups is 1. The summed E-state index contributed by atoms with van der Waals surface area (Å²) in [6.45, 7) is 1.70. The van der Waals surface area contributed by atoms with Gasteiger partial charge in [0.1, 0.15) is 0 Å². The van der Waals surface area contributed by atoms with Gasteiger partial charge in [-0.05, 0) is 12.8 Å². The predicted octanol–water partition coefficient (Wildman–Crippen LogP) is -0.716. The van der Waals surface area contributed by atoms with Crippen molar-refractivity contribution >= 4 is 5.96 Å². The molecule has 1 saturated carbocycles. The quantitative estimate of drug-likeness (QED) is 0.473. The van der Waals surface area contributed by atoms with Crippen molar-refractivity contribution in [2.45, 2.75) is 18.9 Å². The van der Waals surface area contributed by atoms with Crippen LogP contribution in [0, 0.1) is 0 Å². The molecule has 0 amide bonds. The number of hydrogen-bond acceptors (Lipinski definition) is 4. The summed E-state index contributed by atoms with van der Waals surface area (Å²) in [5, 5.41) is 4.93. The van der Waals surface area contributed by atoms with E-state index in [0.717, 1.165) is 19.0 Å². The van der Waals surface area contributed by atoms with Gasteiger partial charge in [-0.25, -0.2) is 5.84 Å². The molecule has 2 aliphatic rings. The van der Waals surface area contributed by atoms with Gasteiger partial charge in [-0.1, -0.05) is 0 Å². The maximum atomic E-state index is 5.60. The Morgan fingerprint density at radius 2 is 2.40 bits per heavy atom. The van der Waals surface area contributed by atoms with Crippen molar-refractivity contribution in [2.75, 3.05) is 13.1 Å². The highest BCUT2D eigenvalue weighted by Crippen LogP contribution is 2.19. The number of rotatable bonds is 1. The molecule has 1 aliphatic carbocycles. The maximum Gasteiger partial charge on any atom is 0.208 e. The SMILES string of the molecule is NN1CCN=C1NC1CC1. The number of aliphatic imine (C=N–C) groups is 1. The van der Waals surface area contributed by atoms with Crippen LogP contribution in [0.5, 0.6) is 0 Å². The van der Waals surface area contributed by atoms with Gasteiger partial charge in [-0.2, -0.15) is 0 Å². The van der Waals surface area contributed by atoms with Crippen molar-refractivity contribution in [3.63, 3.8) is 0 Å². The van der Waals surface area contributed by atoms with Crippen molar-refractivity contribution < 1.29 is 0 Å². The molecule has 1 fully saturated rings. The van der Waals surface area contributed by atoms with E-state index in [2.05, 4.69) is 10.3 Å². The summed E-state index contributed by atoms with van der Waals surface area (Å²) in [7, 11) is 0. The van der Waals surface area contributed by atoms with Crippen LogP contribution in [0.1, 0.15) is 12.8 Å². The molecule has 3 N–H and O–H groups in total. The Morgan fingerprint density at radius 1 is 1.60 bits per heavy atom. The van der Waals surface area contributed by atoms with E-state index in [9.17, 15) is 0 Å². The topological polar surface area (TPSA) is 53.6 Å². The van der Waals surface area contributed by atoms with Crippen LogP contribution in [0.25, 0.3) is 0 Å². The first-order chi connectivity index (χ1) is 4.86. The van der Waals surface area contributed by atoms with Gasteiger partial charge in [-0.15, -0.1) is 0 Å². The predicted molar refractivity (Wildman–Crippen MR) is 39.4 cm³/mol. The summed E-state index contributed by atoms with van der Waals surface area (Å²) >= 11 is 0. The highest BCUT2D eigenvalue weighted by Gasteiger charge is 2.25. The van der Waals surface area contributed by atoms with Gasteiger partial charge in [-0.3, -0.25) is 10.0 Å². The Balaban J connectivity index is 1.89. The molecule has 0 saturated heterocycles. The monoisotopic (exact) mass is 140 g/mol. The van der Waals surface area contributed by atoms with Gasteiger partial charge in [0.25, 0.3) is 0 Å². The van der Waals surface area contributed by atoms with E-state index in [1.54, 1.807) is 5.01 Å². The number of nitrogens with two attached hydrogens (primary N) is 1. The lowest BCUT2D eigenvalue weighted by atomic mass is 10.6. The van der Waals surface area contributed by atoms with Gasteiger partial charge in [0, 0.05) is 6.04 Å². The van der Waals surface area contributed by atoms with Crippen LogP contribution >= 0.6 is 0 Å². The Labute approximate surface area is 60.1 Å². The molecule has 0 spiro atoms. The Bertz CT molecular complexity index is 161. The molecule has 0 aromatic rings. The fraction of sp³-hybridized carbons (Fsp3) is 0.833. The summed E-state index contributed by atoms with van der Waals surface area (Å²) in [6.07, 6.45) is 2.54. The van der Waals surface area contributed by atoms with Gasteiger partial charge in [0.05, 0.1) is 13.1 Å². The minimum absolute atomic E-state index is 0.655. The van der Waals surface area contributed by atoms with E-state index in [4.69, 9.17) is 5.84 Å². The van der Waals surface area contributed by atoms with Crippen LogP contribution in [0.2, 0.25) is 0 Å². The fourth-order valence-corrected chi connectivity index (χ4v) is 0.999. The molecule has 2 rings (SSSR count). The molecule has 0 atom stereocenters. The van der Waals surface area contributed by atoms with Crippen LogP contribution in [0.15, 0.2) is 4.99 Å². The molecule has 0 aromatic heterocycles. The minimum atomic E-state index is 0.655. The number of hydrazine groups is 1. The smallest absolute Gasteiger partial charge is 0.208 e. The van der Waals surface area contributed by atoms with Crippen LogP contribution in [-0.2, 0) is 0 Å². The largest absolute Gasteiger partial charge is 0.352 e. The van der Waals surface area contributed by atoms with Crippen molar-refractivity contribution in [1.29, 1.82) is 0 Å². The third-order valence-corrected chi connectivity index (χ3v) is 1.79. The fourth-order valence-electron chi connectivity index (χ4n) is 0.999. The molecule has 56 valence electrons. The molecular formula is C6H12N4. The minimum Gasteiger partial charge on any atom is -0.352 e. The highest BCUT2D eigenvalue weighted by atomic mass is 15.5. The van der Waals surface area contributed by atoms with Gasteiger partial charge in [0.2, 0.25) is 5.96 Å². The zero-order valence-electron chi connectivity index (χ0n) is 5.88. The normalized spacial score (nSPS) is 24.9. The lowest BCUT2D eigenvalue weighted by Crippen LogP contribution is -2.43. The zero-order chi connectivity index (χ0) is 6.97. The average molecular weight is 140 g/mol. The maximum absolute atomic E-state index is 5.60. The van der Waals surface area contributed by atoms with Crippen LogP contribution in [0.3, 0.4) is 0 Å². The lowest BCUT2D eigenvalue weighted by Gasteiger charge is -2.13. The van der Waals surface area contributed by atoms with E-state index < -0.39 is 0 Å². The summed E-state index contributed by atoms with van der Waals surface area (Å²) < 4.78 is 0. The van der Waals surface area contributed by atoms with E-state index in [-0.39, 0.29) is 0 Å². The Hall–Kier alpha value is -0.770. The highest BCUT2D eigenvalue weighted by molar-refractivity contribution is 5.81. The summed E-state index contributed by atoms with van der Waals surface area (Å²) in [5.74, 6) is 6.47. The molecule has 0 bridgehead atoms. The first-order valence-corrected chi connectivity index (χ1v) is 3.69. The van der Waals surface area contributed by atoms with Crippen molar-refractivity contribution in [3.05, 3.63) is 0 Å². The van der Waals surface area contributed by atoms with E-state index in [0.29, 0.717) is 6.04 Å². The molecule has 10 heavy (non-hydrogen) atoms. The first-order valence-electron chi connectivity index (χ1n) is 3.69. The number of nitrogens with one attached hydrogen (secondary N) is 1.